The third-order valence-corrected chi connectivity index (χ3v) is 5.23. The van der Waals surface area contributed by atoms with Crippen molar-refractivity contribution in [3.63, 3.8) is 0 Å². The molecular weight excluding hydrogens is 374 g/mol. The minimum absolute atomic E-state index is 0.0479. The standard InChI is InChI=1S/C22H26ClN3O2/c1-25(21(27)15-24-22(28)18-6-5-7-19(23)14-18)16-17-8-10-20(11-9-17)26-12-3-2-4-13-26/h5-11,14H,2-4,12-13,15-16H2,1H3,(H,24,28). The number of nitrogens with zero attached hydrogens (tertiary/aromatic N) is 2. The highest BCUT2D eigenvalue weighted by Crippen LogP contribution is 2.20. The Labute approximate surface area is 171 Å². The second-order valence-electron chi connectivity index (χ2n) is 7.16. The van der Waals surface area contributed by atoms with Gasteiger partial charge in [0.15, 0.2) is 0 Å². The molecule has 1 saturated heterocycles. The van der Waals surface area contributed by atoms with E-state index in [0.29, 0.717) is 17.1 Å². The average molecular weight is 400 g/mol. The van der Waals surface area contributed by atoms with Crippen LogP contribution in [0.25, 0.3) is 0 Å². The first kappa shape index (κ1) is 20.2. The Hall–Kier alpha value is -2.53. The first-order valence-electron chi connectivity index (χ1n) is 9.64. The van der Waals surface area contributed by atoms with Gasteiger partial charge in [-0.1, -0.05) is 29.8 Å². The van der Waals surface area contributed by atoms with Crippen LogP contribution in [0, 0.1) is 0 Å². The Bertz CT molecular complexity index is 817. The number of hydrogen-bond acceptors (Lipinski definition) is 3. The van der Waals surface area contributed by atoms with Gasteiger partial charge in [-0.3, -0.25) is 9.59 Å². The van der Waals surface area contributed by atoms with Gasteiger partial charge in [-0.15, -0.1) is 0 Å². The fraction of sp³-hybridized carbons (Fsp3) is 0.364. The van der Waals surface area contributed by atoms with Crippen LogP contribution in [-0.2, 0) is 11.3 Å². The molecule has 0 saturated carbocycles. The van der Waals surface area contributed by atoms with Crippen LogP contribution in [0.15, 0.2) is 48.5 Å². The van der Waals surface area contributed by atoms with Crippen molar-refractivity contribution in [3.05, 3.63) is 64.7 Å². The first-order valence-corrected chi connectivity index (χ1v) is 10.0. The number of likely N-dealkylation sites (N-methyl/N-ethyl adjacent to an activating group) is 1. The lowest BCUT2D eigenvalue weighted by Crippen LogP contribution is -2.37. The molecule has 0 radical (unpaired) electrons. The smallest absolute Gasteiger partial charge is 0.251 e. The van der Waals surface area contributed by atoms with E-state index in [9.17, 15) is 9.59 Å². The fourth-order valence-corrected chi connectivity index (χ4v) is 3.54. The number of hydrogen-bond donors (Lipinski definition) is 1. The quantitative estimate of drug-likeness (QED) is 0.805. The van der Waals surface area contributed by atoms with Crippen molar-refractivity contribution in [2.75, 3.05) is 31.6 Å². The number of carbonyl (C=O) groups is 2. The largest absolute Gasteiger partial charge is 0.372 e. The number of carbonyl (C=O) groups excluding carboxylic acids is 2. The number of halogens is 1. The maximum absolute atomic E-state index is 12.3. The highest BCUT2D eigenvalue weighted by Gasteiger charge is 2.14. The Morgan fingerprint density at radius 1 is 1.07 bits per heavy atom. The van der Waals surface area contributed by atoms with Gasteiger partial charge in [-0.25, -0.2) is 0 Å². The molecule has 2 amide bonds. The summed E-state index contributed by atoms with van der Waals surface area (Å²) in [5, 5.41) is 3.14. The van der Waals surface area contributed by atoms with Crippen LogP contribution >= 0.6 is 11.6 Å². The van der Waals surface area contributed by atoms with Crippen molar-refractivity contribution < 1.29 is 9.59 Å². The Morgan fingerprint density at radius 2 is 1.79 bits per heavy atom. The molecule has 0 atom stereocenters. The lowest BCUT2D eigenvalue weighted by atomic mass is 10.1. The number of piperidine rings is 1. The van der Waals surface area contributed by atoms with Crippen LogP contribution in [0.1, 0.15) is 35.2 Å². The molecule has 0 spiro atoms. The monoisotopic (exact) mass is 399 g/mol. The predicted molar refractivity (Wildman–Crippen MR) is 113 cm³/mol. The van der Waals surface area contributed by atoms with E-state index >= 15 is 0 Å². The van der Waals surface area contributed by atoms with Gasteiger partial charge in [-0.05, 0) is 55.2 Å². The second-order valence-corrected chi connectivity index (χ2v) is 7.59. The lowest BCUT2D eigenvalue weighted by Gasteiger charge is -2.29. The van der Waals surface area contributed by atoms with E-state index in [4.69, 9.17) is 11.6 Å². The second kappa shape index (κ2) is 9.60. The van der Waals surface area contributed by atoms with E-state index in [1.807, 2.05) is 0 Å². The van der Waals surface area contributed by atoms with Crippen molar-refractivity contribution in [2.45, 2.75) is 25.8 Å². The molecule has 1 fully saturated rings. The molecule has 0 aliphatic carbocycles. The molecule has 0 bridgehead atoms. The van der Waals surface area contributed by atoms with Crippen molar-refractivity contribution in [1.82, 2.24) is 10.2 Å². The summed E-state index contributed by atoms with van der Waals surface area (Å²) in [7, 11) is 1.74. The summed E-state index contributed by atoms with van der Waals surface area (Å²) in [6, 6.07) is 15.0. The normalized spacial score (nSPS) is 13.9. The minimum atomic E-state index is -0.310. The fourth-order valence-electron chi connectivity index (χ4n) is 3.35. The Balaban J connectivity index is 1.49. The number of rotatable bonds is 6. The van der Waals surface area contributed by atoms with Gasteiger partial charge in [0.2, 0.25) is 5.91 Å². The molecule has 1 aliphatic rings. The van der Waals surface area contributed by atoms with Gasteiger partial charge in [0.1, 0.15) is 0 Å². The van der Waals surface area contributed by atoms with E-state index in [2.05, 4.69) is 34.5 Å². The van der Waals surface area contributed by atoms with E-state index in [-0.39, 0.29) is 18.4 Å². The van der Waals surface area contributed by atoms with Crippen LogP contribution in [0.2, 0.25) is 5.02 Å². The summed E-state index contributed by atoms with van der Waals surface area (Å²) >= 11 is 5.89. The molecule has 2 aromatic rings. The van der Waals surface area contributed by atoms with Gasteiger partial charge >= 0.3 is 0 Å². The van der Waals surface area contributed by atoms with Crippen LogP contribution in [0.4, 0.5) is 5.69 Å². The molecule has 6 heteroatoms. The minimum Gasteiger partial charge on any atom is -0.372 e. The van der Waals surface area contributed by atoms with Crippen LogP contribution in [0.3, 0.4) is 0 Å². The third kappa shape index (κ3) is 5.49. The van der Waals surface area contributed by atoms with Gasteiger partial charge in [-0.2, -0.15) is 0 Å². The summed E-state index contributed by atoms with van der Waals surface area (Å²) in [5.74, 6) is -0.453. The van der Waals surface area contributed by atoms with E-state index < -0.39 is 0 Å². The van der Waals surface area contributed by atoms with Gasteiger partial charge < -0.3 is 15.1 Å². The SMILES string of the molecule is CN(Cc1ccc(N2CCCCC2)cc1)C(=O)CNC(=O)c1cccc(Cl)c1. The van der Waals surface area contributed by atoms with Crippen LogP contribution < -0.4 is 10.2 Å². The highest BCUT2D eigenvalue weighted by atomic mass is 35.5. The van der Waals surface area contributed by atoms with E-state index in [1.165, 1.54) is 24.9 Å². The molecule has 1 heterocycles. The molecule has 1 N–H and O–H groups in total. The third-order valence-electron chi connectivity index (χ3n) is 4.99. The number of nitrogens with one attached hydrogen (secondary N) is 1. The van der Waals surface area contributed by atoms with E-state index in [1.54, 1.807) is 36.2 Å². The predicted octanol–water partition coefficient (Wildman–Crippen LogP) is 3.72. The molecule has 2 aromatic carbocycles. The topological polar surface area (TPSA) is 52.6 Å². The average Bonchev–Trinajstić information content (AvgIpc) is 2.73. The summed E-state index contributed by atoms with van der Waals surface area (Å²) < 4.78 is 0. The summed E-state index contributed by atoms with van der Waals surface area (Å²) in [6.45, 7) is 2.69. The van der Waals surface area contributed by atoms with Crippen LogP contribution in [-0.4, -0.2) is 43.4 Å². The Kier molecular flexibility index (Phi) is 6.93. The number of amides is 2. The maximum atomic E-state index is 12.3. The van der Waals surface area contributed by atoms with Crippen molar-refractivity contribution in [1.29, 1.82) is 0 Å². The molecule has 1 aliphatic heterocycles. The highest BCUT2D eigenvalue weighted by molar-refractivity contribution is 6.30. The first-order chi connectivity index (χ1) is 13.5. The van der Waals surface area contributed by atoms with Crippen molar-refractivity contribution in [3.8, 4) is 0 Å². The van der Waals surface area contributed by atoms with Crippen molar-refractivity contribution in [2.24, 2.45) is 0 Å². The summed E-state index contributed by atoms with van der Waals surface area (Å²) in [5.41, 5.74) is 2.75. The lowest BCUT2D eigenvalue weighted by molar-refractivity contribution is -0.129. The zero-order valence-corrected chi connectivity index (χ0v) is 16.9. The summed E-state index contributed by atoms with van der Waals surface area (Å²) in [4.78, 5) is 28.5. The number of benzene rings is 2. The molecule has 0 unspecified atom stereocenters. The molecule has 0 aromatic heterocycles. The van der Waals surface area contributed by atoms with Crippen molar-refractivity contribution >= 4 is 29.1 Å². The van der Waals surface area contributed by atoms with Crippen LogP contribution in [0.5, 0.6) is 0 Å². The Morgan fingerprint density at radius 3 is 2.46 bits per heavy atom. The van der Waals surface area contributed by atoms with Gasteiger partial charge in [0.05, 0.1) is 6.54 Å². The van der Waals surface area contributed by atoms with E-state index in [0.717, 1.165) is 18.7 Å². The zero-order valence-electron chi connectivity index (χ0n) is 16.2. The molecule has 28 heavy (non-hydrogen) atoms. The molecular formula is C22H26ClN3O2. The molecule has 148 valence electrons. The summed E-state index contributed by atoms with van der Waals surface area (Å²) in [6.07, 6.45) is 3.81. The van der Waals surface area contributed by atoms with Gasteiger partial charge in [0, 0.05) is 43.0 Å². The molecule has 3 rings (SSSR count). The molecule has 5 nitrogen and oxygen atoms in total. The number of anilines is 1. The van der Waals surface area contributed by atoms with Gasteiger partial charge in [0.25, 0.3) is 5.91 Å². The maximum Gasteiger partial charge on any atom is 0.251 e. The zero-order chi connectivity index (χ0) is 19.9.